The summed E-state index contributed by atoms with van der Waals surface area (Å²) in [6.07, 6.45) is 12.6. The Hall–Kier alpha value is -6.05. The molecule has 0 saturated heterocycles. The molecule has 1 aromatic heterocycles. The van der Waals surface area contributed by atoms with Crippen molar-refractivity contribution in [1.82, 2.24) is 4.98 Å². The quantitative estimate of drug-likeness (QED) is 0.137. The lowest BCUT2D eigenvalue weighted by atomic mass is 9.92. The predicted molar refractivity (Wildman–Crippen MR) is 203 cm³/mol. The van der Waals surface area contributed by atoms with Gasteiger partial charge in [-0.1, -0.05) is 152 Å². The van der Waals surface area contributed by atoms with Crippen LogP contribution < -0.4 is 0 Å². The van der Waals surface area contributed by atoms with Crippen LogP contribution in [0.15, 0.2) is 176 Å². The maximum absolute atomic E-state index is 4.78. The van der Waals surface area contributed by atoms with Gasteiger partial charge in [0, 0.05) is 11.8 Å². The van der Waals surface area contributed by atoms with Gasteiger partial charge in [-0.25, -0.2) is 0 Å². The number of hydrogen-bond acceptors (Lipinski definition) is 1. The standard InChI is InChI=1S/C46H33N/c1-2-12-33(45-29-35-13-3-5-17-39(35)41-19-7-9-21-43(41)45)15-11-16-38-28-27-37(31-47-38)32-23-25-34(26-24-32)46-30-36-14-4-6-18-40(36)42-20-8-10-22-44(42)46/h2-31H,1H3/b12-2-,16-11+,33-15+. The molecule has 47 heavy (non-hydrogen) atoms. The first-order valence-corrected chi connectivity index (χ1v) is 16.2. The van der Waals surface area contributed by atoms with Crippen LogP contribution >= 0.6 is 0 Å². The van der Waals surface area contributed by atoms with E-state index in [1.807, 2.05) is 6.20 Å². The topological polar surface area (TPSA) is 12.9 Å². The van der Waals surface area contributed by atoms with Crippen molar-refractivity contribution in [1.29, 1.82) is 0 Å². The van der Waals surface area contributed by atoms with Crippen molar-refractivity contribution in [2.45, 2.75) is 6.92 Å². The lowest BCUT2D eigenvalue weighted by Gasteiger charge is -2.12. The maximum atomic E-state index is 4.78. The van der Waals surface area contributed by atoms with Gasteiger partial charge in [0.25, 0.3) is 0 Å². The normalized spacial score (nSPS) is 12.3. The second-order valence-corrected chi connectivity index (χ2v) is 11.9. The van der Waals surface area contributed by atoms with Gasteiger partial charge in [-0.05, 0) is 102 Å². The van der Waals surface area contributed by atoms with Crippen LogP contribution in [0.4, 0.5) is 0 Å². The number of rotatable bonds is 6. The lowest BCUT2D eigenvalue weighted by molar-refractivity contribution is 1.30. The van der Waals surface area contributed by atoms with Crippen molar-refractivity contribution < 1.29 is 0 Å². The van der Waals surface area contributed by atoms with E-state index < -0.39 is 0 Å². The van der Waals surface area contributed by atoms with Crippen molar-refractivity contribution >= 4 is 54.7 Å². The van der Waals surface area contributed by atoms with Gasteiger partial charge in [0.15, 0.2) is 0 Å². The number of pyridine rings is 1. The molecule has 7 aromatic carbocycles. The first-order chi connectivity index (χ1) is 23.3. The summed E-state index contributed by atoms with van der Waals surface area (Å²) in [5, 5.41) is 10.2. The van der Waals surface area contributed by atoms with Gasteiger partial charge >= 0.3 is 0 Å². The van der Waals surface area contributed by atoms with Gasteiger partial charge in [0.2, 0.25) is 0 Å². The minimum absolute atomic E-state index is 0.924. The molecular formula is C46H33N. The molecule has 0 fully saturated rings. The summed E-state index contributed by atoms with van der Waals surface area (Å²) < 4.78 is 0. The highest BCUT2D eigenvalue weighted by atomic mass is 14.7. The summed E-state index contributed by atoms with van der Waals surface area (Å²) in [4.78, 5) is 4.78. The molecule has 0 amide bonds. The molecule has 1 nitrogen and oxygen atoms in total. The summed E-state index contributed by atoms with van der Waals surface area (Å²) in [6.45, 7) is 2.07. The van der Waals surface area contributed by atoms with Crippen LogP contribution in [0.5, 0.6) is 0 Å². The third-order valence-corrected chi connectivity index (χ3v) is 9.05. The highest BCUT2D eigenvalue weighted by molar-refractivity contribution is 6.14. The van der Waals surface area contributed by atoms with Crippen molar-refractivity contribution in [2.75, 3.05) is 0 Å². The molecule has 0 aliphatic carbocycles. The fraction of sp³-hybridized carbons (Fsp3) is 0.0217. The zero-order valence-electron chi connectivity index (χ0n) is 26.3. The summed E-state index contributed by atoms with van der Waals surface area (Å²) >= 11 is 0. The van der Waals surface area contributed by atoms with Crippen LogP contribution in [0.25, 0.3) is 77.0 Å². The van der Waals surface area contributed by atoms with E-state index in [1.165, 1.54) is 65.4 Å². The second kappa shape index (κ2) is 12.4. The maximum Gasteiger partial charge on any atom is 0.0630 e. The Balaban J connectivity index is 1.06. The molecule has 0 N–H and O–H groups in total. The summed E-state index contributed by atoms with van der Waals surface area (Å²) in [6, 6.07) is 52.3. The third-order valence-electron chi connectivity index (χ3n) is 9.05. The lowest BCUT2D eigenvalue weighted by Crippen LogP contribution is -1.87. The molecule has 0 aliphatic heterocycles. The number of nitrogens with zero attached hydrogens (tertiary/aromatic N) is 1. The zero-order chi connectivity index (χ0) is 31.6. The van der Waals surface area contributed by atoms with E-state index in [-0.39, 0.29) is 0 Å². The van der Waals surface area contributed by atoms with Gasteiger partial charge in [-0.2, -0.15) is 0 Å². The first kappa shape index (κ1) is 28.4. The Morgan fingerprint density at radius 1 is 0.511 bits per heavy atom. The van der Waals surface area contributed by atoms with Crippen LogP contribution in [0.3, 0.4) is 0 Å². The Morgan fingerprint density at radius 3 is 1.72 bits per heavy atom. The van der Waals surface area contributed by atoms with E-state index in [4.69, 9.17) is 4.98 Å². The third kappa shape index (κ3) is 5.43. The summed E-state index contributed by atoms with van der Waals surface area (Å²) in [5.74, 6) is 0. The molecule has 222 valence electrons. The Kier molecular flexibility index (Phi) is 7.49. The SMILES string of the molecule is C\C=C/C(=C\C=C\c1ccc(-c2ccc(-c3cc4ccccc4c4ccccc34)cc2)cn1)c1cc2ccccc2c2ccccc12. The van der Waals surface area contributed by atoms with Gasteiger partial charge in [0.1, 0.15) is 0 Å². The molecule has 0 unspecified atom stereocenters. The fourth-order valence-corrected chi connectivity index (χ4v) is 6.77. The number of hydrogen-bond donors (Lipinski definition) is 0. The molecule has 0 radical (unpaired) electrons. The molecule has 1 heterocycles. The molecule has 1 heteroatoms. The van der Waals surface area contributed by atoms with E-state index in [1.54, 1.807) is 0 Å². The van der Waals surface area contributed by atoms with E-state index in [9.17, 15) is 0 Å². The molecule has 0 atom stereocenters. The van der Waals surface area contributed by atoms with Crippen LogP contribution in [0, 0.1) is 0 Å². The monoisotopic (exact) mass is 599 g/mol. The number of benzene rings is 7. The molecule has 0 spiro atoms. The average molecular weight is 600 g/mol. The van der Waals surface area contributed by atoms with Gasteiger partial charge in [-0.3, -0.25) is 4.98 Å². The Bertz CT molecular complexity index is 2490. The van der Waals surface area contributed by atoms with Crippen LogP contribution in [-0.2, 0) is 0 Å². The smallest absolute Gasteiger partial charge is 0.0630 e. The predicted octanol–water partition coefficient (Wildman–Crippen LogP) is 12.7. The highest BCUT2D eigenvalue weighted by Gasteiger charge is 2.10. The van der Waals surface area contributed by atoms with Crippen molar-refractivity contribution in [3.63, 3.8) is 0 Å². The minimum Gasteiger partial charge on any atom is -0.256 e. The van der Waals surface area contributed by atoms with E-state index >= 15 is 0 Å². The molecular weight excluding hydrogens is 567 g/mol. The van der Waals surface area contributed by atoms with Crippen molar-refractivity contribution in [3.8, 4) is 22.3 Å². The van der Waals surface area contributed by atoms with Gasteiger partial charge in [0.05, 0.1) is 5.69 Å². The van der Waals surface area contributed by atoms with Crippen LogP contribution in [0.1, 0.15) is 18.2 Å². The Morgan fingerprint density at radius 2 is 1.06 bits per heavy atom. The van der Waals surface area contributed by atoms with Gasteiger partial charge in [-0.15, -0.1) is 0 Å². The highest BCUT2D eigenvalue weighted by Crippen LogP contribution is 2.36. The number of allylic oxidation sites excluding steroid dienone is 5. The summed E-state index contributed by atoms with van der Waals surface area (Å²) in [5.41, 5.74) is 8.04. The number of fused-ring (bicyclic) bond motifs is 6. The molecule has 0 saturated carbocycles. The summed E-state index contributed by atoms with van der Waals surface area (Å²) in [7, 11) is 0. The average Bonchev–Trinajstić information content (AvgIpc) is 3.14. The minimum atomic E-state index is 0.924. The van der Waals surface area contributed by atoms with Gasteiger partial charge < -0.3 is 0 Å². The molecule has 8 aromatic rings. The van der Waals surface area contributed by atoms with Crippen LogP contribution in [0.2, 0.25) is 0 Å². The zero-order valence-corrected chi connectivity index (χ0v) is 26.3. The van der Waals surface area contributed by atoms with Crippen LogP contribution in [-0.4, -0.2) is 4.98 Å². The molecule has 0 aliphatic rings. The van der Waals surface area contributed by atoms with E-state index in [2.05, 4.69) is 183 Å². The number of aromatic nitrogens is 1. The molecule has 0 bridgehead atoms. The van der Waals surface area contributed by atoms with E-state index in [0.717, 1.165) is 16.8 Å². The second-order valence-electron chi connectivity index (χ2n) is 11.9. The van der Waals surface area contributed by atoms with E-state index in [0.29, 0.717) is 0 Å². The van der Waals surface area contributed by atoms with Crippen molar-refractivity contribution in [3.05, 3.63) is 187 Å². The molecule has 8 rings (SSSR count). The first-order valence-electron chi connectivity index (χ1n) is 16.2. The fourth-order valence-electron chi connectivity index (χ4n) is 6.77. The Labute approximate surface area is 275 Å². The largest absolute Gasteiger partial charge is 0.256 e. The van der Waals surface area contributed by atoms with Crippen molar-refractivity contribution in [2.24, 2.45) is 0 Å².